The van der Waals surface area contributed by atoms with Crippen LogP contribution in [0.25, 0.3) is 10.1 Å². The number of ether oxygens (including phenoxy) is 1. The molecule has 170 valence electrons. The molecule has 8 heteroatoms. The molecule has 1 aromatic heterocycles. The van der Waals surface area contributed by atoms with Gasteiger partial charge in [0.05, 0.1) is 11.0 Å². The summed E-state index contributed by atoms with van der Waals surface area (Å²) in [4.78, 5) is 39.6. The molecule has 0 bridgehead atoms. The molecular formula is C25H24N2O5S. The number of Topliss-reactive ketones (excluding diaryl/α,β-unsaturated/α-hetero) is 1. The maximum Gasteiger partial charge on any atom is 0.262 e. The Morgan fingerprint density at radius 2 is 2.03 bits per heavy atom. The van der Waals surface area contributed by atoms with Crippen LogP contribution in [-0.4, -0.2) is 47.0 Å². The summed E-state index contributed by atoms with van der Waals surface area (Å²) in [5.41, 5.74) is -0.322. The van der Waals surface area contributed by atoms with Gasteiger partial charge in [0.1, 0.15) is 23.9 Å². The normalized spacial score (nSPS) is 22.8. The number of amides is 2. The van der Waals surface area contributed by atoms with Crippen molar-refractivity contribution in [1.29, 1.82) is 0 Å². The Balaban J connectivity index is 1.40. The van der Waals surface area contributed by atoms with Crippen molar-refractivity contribution in [2.45, 2.75) is 43.4 Å². The van der Waals surface area contributed by atoms with E-state index in [-0.39, 0.29) is 36.6 Å². The van der Waals surface area contributed by atoms with E-state index in [0.717, 1.165) is 22.9 Å². The van der Waals surface area contributed by atoms with Gasteiger partial charge in [0.15, 0.2) is 5.78 Å². The second-order valence-electron chi connectivity index (χ2n) is 8.62. The van der Waals surface area contributed by atoms with Gasteiger partial charge in [-0.1, -0.05) is 30.3 Å². The van der Waals surface area contributed by atoms with E-state index >= 15 is 0 Å². The first kappa shape index (κ1) is 21.6. The molecule has 2 aromatic carbocycles. The first-order valence-corrected chi connectivity index (χ1v) is 11.8. The smallest absolute Gasteiger partial charge is 0.262 e. The summed E-state index contributed by atoms with van der Waals surface area (Å²) in [5.74, 6) is -0.828. The first-order valence-electron chi connectivity index (χ1n) is 11.0. The van der Waals surface area contributed by atoms with Crippen LogP contribution in [0.15, 0.2) is 54.6 Å². The molecule has 1 saturated carbocycles. The third kappa shape index (κ3) is 4.12. The van der Waals surface area contributed by atoms with Gasteiger partial charge in [-0.25, -0.2) is 0 Å². The van der Waals surface area contributed by atoms with E-state index in [2.05, 4.69) is 10.6 Å². The third-order valence-electron chi connectivity index (χ3n) is 6.47. The number of phenolic OH excluding ortho intramolecular Hbond substituents is 1. The number of fused-ring (bicyclic) bond motifs is 2. The zero-order chi connectivity index (χ0) is 23.0. The lowest BCUT2D eigenvalue weighted by atomic mass is 9.91. The highest BCUT2D eigenvalue weighted by atomic mass is 32.1. The van der Waals surface area contributed by atoms with E-state index < -0.39 is 17.5 Å². The van der Waals surface area contributed by atoms with Crippen LogP contribution in [0.1, 0.15) is 34.5 Å². The Hall–Kier alpha value is -3.23. The molecule has 3 aromatic rings. The van der Waals surface area contributed by atoms with Crippen LogP contribution in [0.3, 0.4) is 0 Å². The number of phenols is 1. The number of aromatic hydroxyl groups is 1. The molecule has 1 aliphatic carbocycles. The number of hydrogen-bond acceptors (Lipinski definition) is 6. The highest BCUT2D eigenvalue weighted by Gasteiger charge is 2.55. The molecule has 2 amide bonds. The number of carbonyl (C=O) groups is 3. The van der Waals surface area contributed by atoms with Crippen LogP contribution >= 0.6 is 11.3 Å². The minimum Gasteiger partial charge on any atom is -0.508 e. The van der Waals surface area contributed by atoms with Crippen molar-refractivity contribution < 1.29 is 24.2 Å². The largest absolute Gasteiger partial charge is 0.508 e. The second kappa shape index (κ2) is 8.61. The zero-order valence-electron chi connectivity index (χ0n) is 17.9. The van der Waals surface area contributed by atoms with Crippen LogP contribution in [0.4, 0.5) is 0 Å². The molecule has 1 aliphatic heterocycles. The highest BCUT2D eigenvalue weighted by molar-refractivity contribution is 7.20. The van der Waals surface area contributed by atoms with Gasteiger partial charge in [-0.05, 0) is 54.5 Å². The third-order valence-corrected chi connectivity index (χ3v) is 7.58. The SMILES string of the molecule is O=C(NC(Cc1cccc(O)c1)C(=O)NC12CCCC1OCC2=O)c1cc2ccccc2s1. The fourth-order valence-electron chi connectivity index (χ4n) is 4.79. The first-order chi connectivity index (χ1) is 15.9. The monoisotopic (exact) mass is 464 g/mol. The fourth-order valence-corrected chi connectivity index (χ4v) is 5.76. The number of carbonyl (C=O) groups excluding carboxylic acids is 3. The number of benzene rings is 2. The zero-order valence-corrected chi connectivity index (χ0v) is 18.7. The van der Waals surface area contributed by atoms with Crippen molar-refractivity contribution in [3.63, 3.8) is 0 Å². The van der Waals surface area contributed by atoms with Crippen molar-refractivity contribution >= 4 is 39.0 Å². The molecule has 33 heavy (non-hydrogen) atoms. The van der Waals surface area contributed by atoms with Crippen LogP contribution in [0.5, 0.6) is 5.75 Å². The lowest BCUT2D eigenvalue weighted by Crippen LogP contribution is -2.60. The maximum absolute atomic E-state index is 13.4. The molecule has 5 rings (SSSR count). The molecule has 7 nitrogen and oxygen atoms in total. The average molecular weight is 465 g/mol. The van der Waals surface area contributed by atoms with Crippen LogP contribution < -0.4 is 10.6 Å². The summed E-state index contributed by atoms with van der Waals surface area (Å²) in [7, 11) is 0. The molecule has 3 N–H and O–H groups in total. The van der Waals surface area contributed by atoms with Gasteiger partial charge >= 0.3 is 0 Å². The van der Waals surface area contributed by atoms with E-state index in [1.54, 1.807) is 30.3 Å². The molecular weight excluding hydrogens is 440 g/mol. The highest BCUT2D eigenvalue weighted by Crippen LogP contribution is 2.38. The predicted molar refractivity (Wildman–Crippen MR) is 124 cm³/mol. The van der Waals surface area contributed by atoms with Gasteiger partial charge in [0, 0.05) is 11.1 Å². The lowest BCUT2D eigenvalue weighted by molar-refractivity contribution is -0.131. The summed E-state index contributed by atoms with van der Waals surface area (Å²) in [6.45, 7) is -0.00366. The number of thiophene rings is 1. The summed E-state index contributed by atoms with van der Waals surface area (Å²) in [6, 6.07) is 15.2. The molecule has 2 fully saturated rings. The standard InChI is InChI=1S/C25H24N2O5S/c28-17-7-3-5-15(11-17)12-18(23(30)27-25-10-4-9-22(25)32-14-21(25)29)26-24(31)20-13-16-6-1-2-8-19(16)33-20/h1-3,5-8,11,13,18,22,28H,4,9-10,12,14H2,(H,26,31)(H,27,30). The van der Waals surface area contributed by atoms with Gasteiger partial charge in [0.25, 0.3) is 5.91 Å². The Labute approximate surface area is 194 Å². The van der Waals surface area contributed by atoms with Gasteiger partial charge in [-0.2, -0.15) is 0 Å². The molecule has 0 spiro atoms. The Bertz CT molecular complexity index is 1210. The topological polar surface area (TPSA) is 105 Å². The number of ketones is 1. The van der Waals surface area contributed by atoms with Crippen molar-refractivity contribution in [2.75, 3.05) is 6.61 Å². The van der Waals surface area contributed by atoms with Crippen molar-refractivity contribution in [2.24, 2.45) is 0 Å². The second-order valence-corrected chi connectivity index (χ2v) is 9.71. The summed E-state index contributed by atoms with van der Waals surface area (Å²) >= 11 is 1.36. The Morgan fingerprint density at radius 3 is 2.85 bits per heavy atom. The van der Waals surface area contributed by atoms with Gasteiger partial charge < -0.3 is 20.5 Å². The van der Waals surface area contributed by atoms with E-state index in [4.69, 9.17) is 4.74 Å². The summed E-state index contributed by atoms with van der Waals surface area (Å²) < 4.78 is 6.59. The molecule has 2 heterocycles. The number of hydrogen-bond donors (Lipinski definition) is 3. The minimum atomic E-state index is -1.02. The maximum atomic E-state index is 13.4. The molecule has 1 saturated heterocycles. The van der Waals surface area contributed by atoms with E-state index in [9.17, 15) is 19.5 Å². The summed E-state index contributed by atoms with van der Waals surface area (Å²) in [5, 5.41) is 16.6. The number of rotatable bonds is 6. The quantitative estimate of drug-likeness (QED) is 0.520. The predicted octanol–water partition coefficient (Wildman–Crippen LogP) is 2.95. The van der Waals surface area contributed by atoms with Crippen LogP contribution in [0, 0.1) is 0 Å². The fraction of sp³-hybridized carbons (Fsp3) is 0.320. The number of nitrogens with one attached hydrogen (secondary N) is 2. The Morgan fingerprint density at radius 1 is 1.18 bits per heavy atom. The molecule has 3 atom stereocenters. The van der Waals surface area contributed by atoms with Crippen molar-refractivity contribution in [3.8, 4) is 5.75 Å². The van der Waals surface area contributed by atoms with Gasteiger partial charge in [-0.15, -0.1) is 11.3 Å². The lowest BCUT2D eigenvalue weighted by Gasteiger charge is -2.30. The summed E-state index contributed by atoms with van der Waals surface area (Å²) in [6.07, 6.45) is 1.89. The van der Waals surface area contributed by atoms with Gasteiger partial charge in [-0.3, -0.25) is 14.4 Å². The van der Waals surface area contributed by atoms with Crippen molar-refractivity contribution in [3.05, 3.63) is 65.0 Å². The van der Waals surface area contributed by atoms with E-state index in [1.807, 2.05) is 24.3 Å². The van der Waals surface area contributed by atoms with Crippen molar-refractivity contribution in [1.82, 2.24) is 10.6 Å². The van der Waals surface area contributed by atoms with E-state index in [1.165, 1.54) is 11.3 Å². The van der Waals surface area contributed by atoms with E-state index in [0.29, 0.717) is 16.9 Å². The Kier molecular flexibility index (Phi) is 5.64. The molecule has 0 radical (unpaired) electrons. The van der Waals surface area contributed by atoms with Crippen LogP contribution in [-0.2, 0) is 20.7 Å². The molecule has 3 unspecified atom stereocenters. The average Bonchev–Trinajstić information content (AvgIpc) is 3.48. The van der Waals surface area contributed by atoms with Gasteiger partial charge in [0.2, 0.25) is 5.91 Å². The minimum absolute atomic E-state index is 0.00366. The van der Waals surface area contributed by atoms with Crippen LogP contribution in [0.2, 0.25) is 0 Å². The molecule has 2 aliphatic rings.